The third kappa shape index (κ3) is 5.56. The Labute approximate surface area is 166 Å². The number of methoxy groups -OCH3 is 1. The molecular weight excluding hydrogens is 352 g/mol. The third-order valence-corrected chi connectivity index (χ3v) is 4.73. The summed E-state index contributed by atoms with van der Waals surface area (Å²) in [6.07, 6.45) is 0.932. The van der Waals surface area contributed by atoms with E-state index in [9.17, 15) is 0 Å². The summed E-state index contributed by atoms with van der Waals surface area (Å²) in [7, 11) is 1.67. The van der Waals surface area contributed by atoms with Crippen molar-refractivity contribution < 1.29 is 4.74 Å². The van der Waals surface area contributed by atoms with Crippen LogP contribution in [0.3, 0.4) is 0 Å². The number of para-hydroxylation sites is 2. The Bertz CT molecular complexity index is 853. The van der Waals surface area contributed by atoms with E-state index in [1.54, 1.807) is 7.11 Å². The lowest BCUT2D eigenvalue weighted by molar-refractivity contribution is 0.414. The lowest BCUT2D eigenvalue weighted by Crippen LogP contribution is -2.36. The summed E-state index contributed by atoms with van der Waals surface area (Å²) in [6, 6.07) is 28.7. The second-order valence-electron chi connectivity index (χ2n) is 6.27. The topological polar surface area (TPSA) is 24.5 Å². The molecule has 0 bridgehead atoms. The average molecular weight is 377 g/mol. The first kappa shape index (κ1) is 18.9. The van der Waals surface area contributed by atoms with Gasteiger partial charge in [-0.25, -0.2) is 0 Å². The van der Waals surface area contributed by atoms with E-state index in [2.05, 4.69) is 58.7 Å². The van der Waals surface area contributed by atoms with Gasteiger partial charge in [0.05, 0.1) is 12.8 Å². The summed E-state index contributed by atoms with van der Waals surface area (Å²) in [5, 5.41) is 4.04. The van der Waals surface area contributed by atoms with Crippen LogP contribution < -0.4 is 10.1 Å². The summed E-state index contributed by atoms with van der Waals surface area (Å²) in [5.74, 6) is 0.780. The number of rotatable bonds is 7. The van der Waals surface area contributed by atoms with Gasteiger partial charge in [-0.15, -0.1) is 0 Å². The number of hydrogen-bond donors (Lipinski definition) is 1. The Kier molecular flexibility index (Phi) is 6.83. The van der Waals surface area contributed by atoms with Gasteiger partial charge in [0.15, 0.2) is 5.11 Å². The van der Waals surface area contributed by atoms with E-state index in [0.29, 0.717) is 5.11 Å². The van der Waals surface area contributed by atoms with Crippen LogP contribution in [0, 0.1) is 0 Å². The fraction of sp³-hybridized carbons (Fsp3) is 0.174. The predicted molar refractivity (Wildman–Crippen MR) is 116 cm³/mol. The van der Waals surface area contributed by atoms with Crippen molar-refractivity contribution in [1.82, 2.24) is 4.90 Å². The maximum atomic E-state index is 5.74. The van der Waals surface area contributed by atoms with Gasteiger partial charge in [-0.2, -0.15) is 0 Å². The van der Waals surface area contributed by atoms with E-state index in [1.807, 2.05) is 36.4 Å². The Morgan fingerprint density at radius 3 is 2.11 bits per heavy atom. The van der Waals surface area contributed by atoms with Gasteiger partial charge in [0.2, 0.25) is 0 Å². The van der Waals surface area contributed by atoms with Crippen molar-refractivity contribution in [1.29, 1.82) is 0 Å². The molecule has 0 saturated carbocycles. The largest absolute Gasteiger partial charge is 0.495 e. The highest BCUT2D eigenvalue weighted by atomic mass is 32.1. The van der Waals surface area contributed by atoms with Crippen LogP contribution >= 0.6 is 12.2 Å². The second kappa shape index (κ2) is 9.74. The minimum absolute atomic E-state index is 0.694. The van der Waals surface area contributed by atoms with Crippen LogP contribution in [-0.4, -0.2) is 23.7 Å². The molecule has 0 radical (unpaired) electrons. The molecule has 3 rings (SSSR count). The van der Waals surface area contributed by atoms with Crippen LogP contribution in [0.1, 0.15) is 11.1 Å². The molecule has 0 saturated heterocycles. The maximum absolute atomic E-state index is 5.74. The van der Waals surface area contributed by atoms with E-state index in [1.165, 1.54) is 11.1 Å². The number of anilines is 1. The van der Waals surface area contributed by atoms with Crippen molar-refractivity contribution in [2.75, 3.05) is 19.0 Å². The number of nitrogens with zero attached hydrogens (tertiary/aromatic N) is 1. The first-order valence-corrected chi connectivity index (χ1v) is 9.44. The highest BCUT2D eigenvalue weighted by Gasteiger charge is 2.13. The molecule has 0 atom stereocenters. The fourth-order valence-electron chi connectivity index (χ4n) is 2.91. The zero-order chi connectivity index (χ0) is 18.9. The Balaban J connectivity index is 1.74. The van der Waals surface area contributed by atoms with Gasteiger partial charge < -0.3 is 15.0 Å². The zero-order valence-electron chi connectivity index (χ0n) is 15.5. The molecule has 27 heavy (non-hydrogen) atoms. The van der Waals surface area contributed by atoms with Crippen molar-refractivity contribution in [3.63, 3.8) is 0 Å². The Morgan fingerprint density at radius 2 is 1.44 bits per heavy atom. The van der Waals surface area contributed by atoms with E-state index in [4.69, 9.17) is 17.0 Å². The number of hydrogen-bond acceptors (Lipinski definition) is 2. The quantitative estimate of drug-likeness (QED) is 0.577. The van der Waals surface area contributed by atoms with Gasteiger partial charge in [0, 0.05) is 13.1 Å². The van der Waals surface area contributed by atoms with Crippen molar-refractivity contribution in [3.05, 3.63) is 96.1 Å². The average Bonchev–Trinajstić information content (AvgIpc) is 2.73. The minimum atomic E-state index is 0.694. The zero-order valence-corrected chi connectivity index (χ0v) is 16.3. The minimum Gasteiger partial charge on any atom is -0.495 e. The molecule has 0 aliphatic rings. The summed E-state index contributed by atoms with van der Waals surface area (Å²) in [6.45, 7) is 1.59. The van der Waals surface area contributed by atoms with Crippen LogP contribution in [0.25, 0.3) is 0 Å². The van der Waals surface area contributed by atoms with Crippen LogP contribution in [0.2, 0.25) is 0 Å². The number of benzene rings is 3. The molecule has 0 unspecified atom stereocenters. The lowest BCUT2D eigenvalue weighted by atomic mass is 10.1. The molecule has 4 heteroatoms. The van der Waals surface area contributed by atoms with Crippen LogP contribution in [-0.2, 0) is 13.0 Å². The molecule has 1 N–H and O–H groups in total. The van der Waals surface area contributed by atoms with Crippen LogP contribution in [0.5, 0.6) is 5.75 Å². The molecule has 0 amide bonds. The summed E-state index contributed by atoms with van der Waals surface area (Å²) < 4.78 is 5.43. The van der Waals surface area contributed by atoms with E-state index >= 15 is 0 Å². The van der Waals surface area contributed by atoms with Gasteiger partial charge in [-0.1, -0.05) is 72.8 Å². The van der Waals surface area contributed by atoms with Crippen LogP contribution in [0.15, 0.2) is 84.9 Å². The van der Waals surface area contributed by atoms with E-state index in [-0.39, 0.29) is 0 Å². The molecule has 3 aromatic carbocycles. The van der Waals surface area contributed by atoms with Gasteiger partial charge in [-0.3, -0.25) is 0 Å². The molecule has 0 fully saturated rings. The maximum Gasteiger partial charge on any atom is 0.173 e. The predicted octanol–water partition coefficient (Wildman–Crippen LogP) is 5.14. The molecule has 0 heterocycles. The molecule has 0 aliphatic carbocycles. The van der Waals surface area contributed by atoms with Gasteiger partial charge >= 0.3 is 0 Å². The van der Waals surface area contributed by atoms with Crippen molar-refractivity contribution in [3.8, 4) is 5.75 Å². The summed E-state index contributed by atoms with van der Waals surface area (Å²) in [5.41, 5.74) is 3.41. The highest BCUT2D eigenvalue weighted by Crippen LogP contribution is 2.23. The first-order valence-electron chi connectivity index (χ1n) is 9.03. The fourth-order valence-corrected chi connectivity index (χ4v) is 3.17. The van der Waals surface area contributed by atoms with Gasteiger partial charge in [0.1, 0.15) is 5.75 Å². The molecule has 3 nitrogen and oxygen atoms in total. The standard InChI is InChI=1S/C23H24N2OS/c1-26-22-15-9-8-14-21(22)24-23(27)25(18-20-12-6-3-7-13-20)17-16-19-10-4-2-5-11-19/h2-15H,16-18H2,1H3,(H,24,27). The number of ether oxygens (including phenoxy) is 1. The molecule has 0 spiro atoms. The molecule has 3 aromatic rings. The lowest BCUT2D eigenvalue weighted by Gasteiger charge is -2.26. The normalized spacial score (nSPS) is 10.3. The Morgan fingerprint density at radius 1 is 0.852 bits per heavy atom. The van der Waals surface area contributed by atoms with Crippen molar-refractivity contribution >= 4 is 23.0 Å². The number of nitrogens with one attached hydrogen (secondary N) is 1. The van der Waals surface area contributed by atoms with E-state index in [0.717, 1.165) is 30.9 Å². The molecule has 0 aromatic heterocycles. The summed E-state index contributed by atoms with van der Waals surface area (Å²) in [4.78, 5) is 2.20. The molecular formula is C23H24N2OS. The molecule has 138 valence electrons. The van der Waals surface area contributed by atoms with Crippen molar-refractivity contribution in [2.24, 2.45) is 0 Å². The second-order valence-corrected chi connectivity index (χ2v) is 6.66. The molecule has 0 aliphatic heterocycles. The number of thiocarbonyl (C=S) groups is 1. The smallest absolute Gasteiger partial charge is 0.173 e. The summed E-state index contributed by atoms with van der Waals surface area (Å²) >= 11 is 5.74. The van der Waals surface area contributed by atoms with Crippen molar-refractivity contribution in [2.45, 2.75) is 13.0 Å². The third-order valence-electron chi connectivity index (χ3n) is 4.37. The monoisotopic (exact) mass is 376 g/mol. The van der Waals surface area contributed by atoms with Crippen LogP contribution in [0.4, 0.5) is 5.69 Å². The van der Waals surface area contributed by atoms with Gasteiger partial charge in [0.25, 0.3) is 0 Å². The SMILES string of the molecule is COc1ccccc1NC(=S)N(CCc1ccccc1)Cc1ccccc1. The first-order chi connectivity index (χ1) is 13.3. The Hall–Kier alpha value is -2.85. The van der Waals surface area contributed by atoms with Gasteiger partial charge in [-0.05, 0) is 41.9 Å². The highest BCUT2D eigenvalue weighted by molar-refractivity contribution is 7.80. The van der Waals surface area contributed by atoms with E-state index < -0.39 is 0 Å².